The summed E-state index contributed by atoms with van der Waals surface area (Å²) >= 11 is 3.28. The number of rotatable bonds is 2. The second-order valence-corrected chi connectivity index (χ2v) is 2.12. The highest BCUT2D eigenvalue weighted by atomic mass is 79.9. The Morgan fingerprint density at radius 3 is 2.57 bits per heavy atom. The summed E-state index contributed by atoms with van der Waals surface area (Å²) in [6.07, 6.45) is 4.91. The van der Waals surface area contributed by atoms with Gasteiger partial charge in [-0.1, -0.05) is 41.6 Å². The van der Waals surface area contributed by atoms with Crippen molar-refractivity contribution in [2.45, 2.75) is 13.3 Å². The van der Waals surface area contributed by atoms with Crippen molar-refractivity contribution in [1.29, 1.82) is 0 Å². The van der Waals surface area contributed by atoms with E-state index >= 15 is 0 Å². The van der Waals surface area contributed by atoms with Gasteiger partial charge >= 0.3 is 0 Å². The Kier molecular flexibility index (Phi) is 4.10. The van der Waals surface area contributed by atoms with Gasteiger partial charge in [-0.05, 0) is 6.42 Å². The van der Waals surface area contributed by atoms with E-state index in [9.17, 15) is 0 Å². The molecule has 0 unspecified atom stereocenters. The van der Waals surface area contributed by atoms with Gasteiger partial charge < -0.3 is 0 Å². The van der Waals surface area contributed by atoms with Crippen LogP contribution in [0, 0.1) is 0 Å². The van der Waals surface area contributed by atoms with E-state index in [0.717, 1.165) is 10.9 Å². The lowest BCUT2D eigenvalue weighted by molar-refractivity contribution is 1.22. The van der Waals surface area contributed by atoms with E-state index in [1.165, 1.54) is 0 Å². The monoisotopic (exact) mass is 160 g/mol. The molecule has 0 atom stereocenters. The van der Waals surface area contributed by atoms with Crippen LogP contribution < -0.4 is 0 Å². The molecule has 7 heavy (non-hydrogen) atoms. The Hall–Kier alpha value is -0.0400. The number of hydrogen-bond acceptors (Lipinski definition) is 0. The zero-order valence-corrected chi connectivity index (χ0v) is 6.03. The van der Waals surface area contributed by atoms with E-state index < -0.39 is 0 Å². The molecule has 40 valence electrons. The first-order valence-corrected chi connectivity index (χ1v) is 3.08. The lowest BCUT2D eigenvalue weighted by Gasteiger charge is -1.80. The molecular weight excluding hydrogens is 152 g/mol. The molecule has 0 aromatic rings. The van der Waals surface area contributed by atoms with E-state index in [2.05, 4.69) is 35.5 Å². The minimum atomic E-state index is 1.06. The van der Waals surface area contributed by atoms with Gasteiger partial charge in [0.1, 0.15) is 0 Å². The van der Waals surface area contributed by atoms with E-state index in [1.54, 1.807) is 6.08 Å². The highest BCUT2D eigenvalue weighted by Crippen LogP contribution is 2.04. The average molecular weight is 161 g/mol. The molecule has 0 N–H and O–H groups in total. The van der Waals surface area contributed by atoms with Crippen molar-refractivity contribution in [2.75, 3.05) is 0 Å². The Labute approximate surface area is 53.1 Å². The van der Waals surface area contributed by atoms with Gasteiger partial charge in [0.2, 0.25) is 0 Å². The molecule has 0 heterocycles. The fourth-order valence-electron chi connectivity index (χ4n) is 0.278. The second-order valence-electron chi connectivity index (χ2n) is 1.20. The maximum Gasteiger partial charge on any atom is 0.0129 e. The lowest BCUT2D eigenvalue weighted by Crippen LogP contribution is -1.56. The summed E-state index contributed by atoms with van der Waals surface area (Å²) in [4.78, 5) is 0. The van der Waals surface area contributed by atoms with Crippen LogP contribution in [-0.2, 0) is 0 Å². The molecule has 0 aliphatic heterocycles. The maximum absolute atomic E-state index is 3.56. The molecule has 0 aliphatic carbocycles. The van der Waals surface area contributed by atoms with Crippen LogP contribution >= 0.6 is 15.9 Å². The third-order valence-electron chi connectivity index (χ3n) is 0.594. The van der Waals surface area contributed by atoms with Crippen LogP contribution in [0.2, 0.25) is 0 Å². The molecule has 0 aromatic heterocycles. The number of allylic oxidation sites excluding steroid dienone is 3. The van der Waals surface area contributed by atoms with Crippen LogP contribution in [0.1, 0.15) is 13.3 Å². The molecule has 1 heteroatoms. The van der Waals surface area contributed by atoms with Gasteiger partial charge in [0, 0.05) is 4.48 Å². The van der Waals surface area contributed by atoms with Crippen LogP contribution in [0.15, 0.2) is 23.2 Å². The van der Waals surface area contributed by atoms with Crippen LogP contribution in [0.5, 0.6) is 0 Å². The number of halogens is 1. The fraction of sp³-hybridized carbons (Fsp3) is 0.333. The molecule has 0 fully saturated rings. The Morgan fingerprint density at radius 1 is 1.86 bits per heavy atom. The molecule has 0 aliphatic rings. The van der Waals surface area contributed by atoms with E-state index in [1.807, 2.05) is 0 Å². The molecule has 0 bridgehead atoms. The molecule has 0 nitrogen and oxygen atoms in total. The molecule has 0 saturated heterocycles. The third-order valence-corrected chi connectivity index (χ3v) is 1.24. The highest BCUT2D eigenvalue weighted by Gasteiger charge is 1.74. The minimum absolute atomic E-state index is 1.06. The third kappa shape index (κ3) is 3.80. The molecule has 0 rings (SSSR count). The summed E-state index contributed by atoms with van der Waals surface area (Å²) < 4.78 is 1.08. The zero-order chi connectivity index (χ0) is 5.70. The summed E-state index contributed by atoms with van der Waals surface area (Å²) in [6.45, 7) is 5.65. The van der Waals surface area contributed by atoms with Crippen molar-refractivity contribution < 1.29 is 0 Å². The second kappa shape index (κ2) is 4.13. The van der Waals surface area contributed by atoms with Crippen molar-refractivity contribution in [1.82, 2.24) is 0 Å². The van der Waals surface area contributed by atoms with Gasteiger partial charge in [-0.2, -0.15) is 0 Å². The molecule has 0 amide bonds. The Balaban J connectivity index is 3.49. The fourth-order valence-corrected chi connectivity index (χ4v) is 0.602. The molecule has 0 radical (unpaired) electrons. The average Bonchev–Trinajstić information content (AvgIpc) is 1.68. The molecule has 0 spiro atoms. The van der Waals surface area contributed by atoms with Crippen LogP contribution in [-0.4, -0.2) is 0 Å². The first kappa shape index (κ1) is 6.96. The van der Waals surface area contributed by atoms with Gasteiger partial charge in [-0.25, -0.2) is 0 Å². The summed E-state index contributed by atoms with van der Waals surface area (Å²) in [5.41, 5.74) is 0. The first-order chi connectivity index (χ1) is 3.31. The summed E-state index contributed by atoms with van der Waals surface area (Å²) in [5.74, 6) is 0. The maximum atomic E-state index is 3.56. The largest absolute Gasteiger partial charge is 0.0980 e. The first-order valence-electron chi connectivity index (χ1n) is 2.29. The van der Waals surface area contributed by atoms with Gasteiger partial charge in [-0.3, -0.25) is 0 Å². The quantitative estimate of drug-likeness (QED) is 0.546. The predicted molar refractivity (Wildman–Crippen MR) is 37.5 cm³/mol. The van der Waals surface area contributed by atoms with Crippen LogP contribution in [0.25, 0.3) is 0 Å². The van der Waals surface area contributed by atoms with Crippen molar-refractivity contribution in [2.24, 2.45) is 0 Å². The van der Waals surface area contributed by atoms with Gasteiger partial charge in [-0.15, -0.1) is 0 Å². The highest BCUT2D eigenvalue weighted by molar-refractivity contribution is 9.11. The van der Waals surface area contributed by atoms with Crippen LogP contribution in [0.3, 0.4) is 0 Å². The smallest absolute Gasteiger partial charge is 0.0129 e. The van der Waals surface area contributed by atoms with Crippen molar-refractivity contribution >= 4 is 15.9 Å². The lowest BCUT2D eigenvalue weighted by atomic mass is 10.4. The van der Waals surface area contributed by atoms with E-state index in [4.69, 9.17) is 0 Å². The van der Waals surface area contributed by atoms with Gasteiger partial charge in [0.25, 0.3) is 0 Å². The summed E-state index contributed by atoms with van der Waals surface area (Å²) in [7, 11) is 0. The molecule has 0 saturated carbocycles. The van der Waals surface area contributed by atoms with Crippen molar-refractivity contribution in [3.05, 3.63) is 23.2 Å². The standard InChI is InChI=1S/C6H9Br/c1-3-5-6(7)4-2/h4-5H,2-3H2,1H3/b6-5+. The normalized spacial score (nSPS) is 11.4. The number of hydrogen-bond donors (Lipinski definition) is 0. The summed E-state index contributed by atoms with van der Waals surface area (Å²) in [5, 5.41) is 0. The molecule has 0 aromatic carbocycles. The van der Waals surface area contributed by atoms with Crippen LogP contribution in [0.4, 0.5) is 0 Å². The van der Waals surface area contributed by atoms with E-state index in [-0.39, 0.29) is 0 Å². The topological polar surface area (TPSA) is 0 Å². The SMILES string of the molecule is C=C/C(Br)=C\CC. The van der Waals surface area contributed by atoms with Crippen molar-refractivity contribution in [3.8, 4) is 0 Å². The summed E-state index contributed by atoms with van der Waals surface area (Å²) in [6, 6.07) is 0. The van der Waals surface area contributed by atoms with Crippen molar-refractivity contribution in [3.63, 3.8) is 0 Å². The Morgan fingerprint density at radius 2 is 2.43 bits per heavy atom. The minimum Gasteiger partial charge on any atom is -0.0980 e. The molecular formula is C6H9Br. The predicted octanol–water partition coefficient (Wildman–Crippen LogP) is 2.86. The van der Waals surface area contributed by atoms with Gasteiger partial charge in [0.05, 0.1) is 0 Å². The Bertz CT molecular complexity index is 82.2. The van der Waals surface area contributed by atoms with Gasteiger partial charge in [0.15, 0.2) is 0 Å². The zero-order valence-electron chi connectivity index (χ0n) is 4.45. The van der Waals surface area contributed by atoms with E-state index in [0.29, 0.717) is 0 Å².